The van der Waals surface area contributed by atoms with Crippen LogP contribution in [0.3, 0.4) is 0 Å². The number of hydrogen-bond acceptors (Lipinski definition) is 2. The first kappa shape index (κ1) is 11.8. The lowest BCUT2D eigenvalue weighted by atomic mass is 9.98. The van der Waals surface area contributed by atoms with Crippen molar-refractivity contribution in [3.05, 3.63) is 35.9 Å². The molecule has 1 amide bonds. The van der Waals surface area contributed by atoms with E-state index in [9.17, 15) is 9.59 Å². The third-order valence-electron chi connectivity index (χ3n) is 3.24. The van der Waals surface area contributed by atoms with Crippen LogP contribution in [-0.4, -0.2) is 29.7 Å². The van der Waals surface area contributed by atoms with E-state index in [4.69, 9.17) is 0 Å². The zero-order valence-electron chi connectivity index (χ0n) is 10.1. The third-order valence-corrected chi connectivity index (χ3v) is 3.24. The van der Waals surface area contributed by atoms with Gasteiger partial charge in [-0.05, 0) is 19.8 Å². The Kier molecular flexibility index (Phi) is 3.57. The molecular weight excluding hydrogens is 214 g/mol. The Labute approximate surface area is 101 Å². The van der Waals surface area contributed by atoms with E-state index < -0.39 is 5.92 Å². The Morgan fingerprint density at radius 1 is 1.12 bits per heavy atom. The van der Waals surface area contributed by atoms with E-state index in [-0.39, 0.29) is 11.7 Å². The molecule has 0 unspecified atom stereocenters. The van der Waals surface area contributed by atoms with E-state index in [2.05, 4.69) is 0 Å². The van der Waals surface area contributed by atoms with Gasteiger partial charge in [-0.25, -0.2) is 0 Å². The summed E-state index contributed by atoms with van der Waals surface area (Å²) < 4.78 is 0. The maximum Gasteiger partial charge on any atom is 0.233 e. The van der Waals surface area contributed by atoms with E-state index >= 15 is 0 Å². The highest BCUT2D eigenvalue weighted by molar-refractivity contribution is 6.09. The lowest BCUT2D eigenvalue weighted by Crippen LogP contribution is -2.36. The molecule has 90 valence electrons. The van der Waals surface area contributed by atoms with Gasteiger partial charge in [0.2, 0.25) is 5.91 Å². The van der Waals surface area contributed by atoms with Crippen molar-refractivity contribution in [1.29, 1.82) is 0 Å². The van der Waals surface area contributed by atoms with Crippen molar-refractivity contribution in [1.82, 2.24) is 4.90 Å². The summed E-state index contributed by atoms with van der Waals surface area (Å²) in [5, 5.41) is 0. The molecule has 0 radical (unpaired) electrons. The second kappa shape index (κ2) is 5.13. The predicted octanol–water partition coefficient (Wildman–Crippen LogP) is 2.13. The smallest absolute Gasteiger partial charge is 0.233 e. The third kappa shape index (κ3) is 2.54. The van der Waals surface area contributed by atoms with Crippen LogP contribution in [0.4, 0.5) is 0 Å². The highest BCUT2D eigenvalue weighted by atomic mass is 16.2. The quantitative estimate of drug-likeness (QED) is 0.590. The number of benzene rings is 1. The lowest BCUT2D eigenvalue weighted by molar-refractivity contribution is -0.132. The van der Waals surface area contributed by atoms with Crippen LogP contribution in [0, 0.1) is 5.92 Å². The Morgan fingerprint density at radius 3 is 2.29 bits per heavy atom. The molecular formula is C14H17NO2. The molecule has 2 rings (SSSR count). The van der Waals surface area contributed by atoms with Gasteiger partial charge >= 0.3 is 0 Å². The summed E-state index contributed by atoms with van der Waals surface area (Å²) in [5.41, 5.74) is 0.618. The van der Waals surface area contributed by atoms with Crippen molar-refractivity contribution < 1.29 is 9.59 Å². The van der Waals surface area contributed by atoms with E-state index in [0.717, 1.165) is 25.9 Å². The summed E-state index contributed by atoms with van der Waals surface area (Å²) in [6, 6.07) is 9.02. The first-order chi connectivity index (χ1) is 8.20. The van der Waals surface area contributed by atoms with E-state index in [0.29, 0.717) is 5.56 Å². The molecule has 0 aliphatic carbocycles. The van der Waals surface area contributed by atoms with Crippen LogP contribution in [0.2, 0.25) is 0 Å². The number of rotatable bonds is 3. The normalized spacial score (nSPS) is 16.9. The summed E-state index contributed by atoms with van der Waals surface area (Å²) >= 11 is 0. The summed E-state index contributed by atoms with van der Waals surface area (Å²) in [6.45, 7) is 3.30. The number of ketones is 1. The molecule has 3 nitrogen and oxygen atoms in total. The number of carbonyl (C=O) groups excluding carboxylic acids is 2. The minimum absolute atomic E-state index is 0.0312. The van der Waals surface area contributed by atoms with Crippen molar-refractivity contribution in [2.24, 2.45) is 5.92 Å². The molecule has 0 N–H and O–H groups in total. The van der Waals surface area contributed by atoms with Crippen molar-refractivity contribution >= 4 is 11.7 Å². The van der Waals surface area contributed by atoms with Crippen molar-refractivity contribution in [2.75, 3.05) is 13.1 Å². The number of amides is 1. The second-order valence-electron chi connectivity index (χ2n) is 4.48. The maximum absolute atomic E-state index is 12.1. The van der Waals surface area contributed by atoms with Crippen LogP contribution < -0.4 is 0 Å². The van der Waals surface area contributed by atoms with Gasteiger partial charge in [-0.15, -0.1) is 0 Å². The van der Waals surface area contributed by atoms with Gasteiger partial charge in [-0.2, -0.15) is 0 Å². The van der Waals surface area contributed by atoms with Crippen LogP contribution in [0.15, 0.2) is 30.3 Å². The van der Waals surface area contributed by atoms with Crippen molar-refractivity contribution in [2.45, 2.75) is 19.8 Å². The fourth-order valence-corrected chi connectivity index (χ4v) is 2.18. The zero-order chi connectivity index (χ0) is 12.3. The van der Waals surface area contributed by atoms with Gasteiger partial charge in [0.1, 0.15) is 0 Å². The van der Waals surface area contributed by atoms with Crippen LogP contribution in [0.5, 0.6) is 0 Å². The average Bonchev–Trinajstić information content (AvgIpc) is 2.91. The molecule has 1 aliphatic rings. The topological polar surface area (TPSA) is 37.4 Å². The second-order valence-corrected chi connectivity index (χ2v) is 4.48. The molecule has 1 aromatic rings. The van der Waals surface area contributed by atoms with Crippen LogP contribution in [-0.2, 0) is 4.79 Å². The molecule has 0 spiro atoms. The number of nitrogens with zero attached hydrogens (tertiary/aromatic N) is 1. The monoisotopic (exact) mass is 231 g/mol. The summed E-state index contributed by atoms with van der Waals surface area (Å²) in [4.78, 5) is 26.0. The molecule has 1 atom stereocenters. The Morgan fingerprint density at radius 2 is 1.71 bits per heavy atom. The molecule has 0 bridgehead atoms. The molecule has 3 heteroatoms. The van der Waals surface area contributed by atoms with Crippen LogP contribution in [0.25, 0.3) is 0 Å². The molecule has 0 saturated carbocycles. The highest BCUT2D eigenvalue weighted by Gasteiger charge is 2.28. The summed E-state index contributed by atoms with van der Waals surface area (Å²) in [6.07, 6.45) is 2.11. The van der Waals surface area contributed by atoms with Crippen LogP contribution in [0.1, 0.15) is 30.1 Å². The fourth-order valence-electron chi connectivity index (χ4n) is 2.18. The first-order valence-corrected chi connectivity index (χ1v) is 6.08. The molecule has 17 heavy (non-hydrogen) atoms. The summed E-state index contributed by atoms with van der Waals surface area (Å²) in [7, 11) is 0. The Bertz CT molecular complexity index is 407. The van der Waals surface area contributed by atoms with Crippen molar-refractivity contribution in [3.63, 3.8) is 0 Å². The van der Waals surface area contributed by atoms with Gasteiger partial charge in [-0.1, -0.05) is 30.3 Å². The summed E-state index contributed by atoms with van der Waals surface area (Å²) in [5.74, 6) is -0.672. The van der Waals surface area contributed by atoms with Gasteiger partial charge in [0.25, 0.3) is 0 Å². The predicted molar refractivity (Wildman–Crippen MR) is 65.8 cm³/mol. The molecule has 1 heterocycles. The van der Waals surface area contributed by atoms with E-state index in [1.165, 1.54) is 0 Å². The molecule has 1 aromatic carbocycles. The largest absolute Gasteiger partial charge is 0.342 e. The molecule has 1 aliphatic heterocycles. The lowest BCUT2D eigenvalue weighted by Gasteiger charge is -2.19. The van der Waals surface area contributed by atoms with Gasteiger partial charge < -0.3 is 4.90 Å². The number of carbonyl (C=O) groups is 2. The standard InChI is InChI=1S/C14H17NO2/c1-11(14(17)15-9-5-6-10-15)13(16)12-7-3-2-4-8-12/h2-4,7-8,11H,5-6,9-10H2,1H3/t11-/m0/s1. The van der Waals surface area contributed by atoms with E-state index in [1.807, 2.05) is 18.2 Å². The minimum Gasteiger partial charge on any atom is -0.342 e. The zero-order valence-corrected chi connectivity index (χ0v) is 10.1. The average molecular weight is 231 g/mol. The number of likely N-dealkylation sites (tertiary alicyclic amines) is 1. The molecule has 0 aromatic heterocycles. The molecule has 1 fully saturated rings. The van der Waals surface area contributed by atoms with Gasteiger partial charge in [-0.3, -0.25) is 9.59 Å². The van der Waals surface area contributed by atoms with Gasteiger partial charge in [0.05, 0.1) is 5.92 Å². The minimum atomic E-state index is -0.560. The van der Waals surface area contributed by atoms with Crippen LogP contribution >= 0.6 is 0 Å². The number of Topliss-reactive ketones (excluding diaryl/α,β-unsaturated/α-hetero) is 1. The maximum atomic E-state index is 12.1. The van der Waals surface area contributed by atoms with Gasteiger partial charge in [0.15, 0.2) is 5.78 Å². The Balaban J connectivity index is 2.07. The fraction of sp³-hybridized carbons (Fsp3) is 0.429. The van der Waals surface area contributed by atoms with E-state index in [1.54, 1.807) is 24.0 Å². The highest BCUT2D eigenvalue weighted by Crippen LogP contribution is 2.15. The number of hydrogen-bond donors (Lipinski definition) is 0. The Hall–Kier alpha value is -1.64. The van der Waals surface area contributed by atoms with Gasteiger partial charge in [0, 0.05) is 18.7 Å². The SMILES string of the molecule is C[C@@H](C(=O)c1ccccc1)C(=O)N1CCCC1. The van der Waals surface area contributed by atoms with Crippen molar-refractivity contribution in [3.8, 4) is 0 Å². The first-order valence-electron chi connectivity index (χ1n) is 6.08. The molecule has 1 saturated heterocycles.